The van der Waals surface area contributed by atoms with Gasteiger partial charge in [0.15, 0.2) is 0 Å². The van der Waals surface area contributed by atoms with Crippen LogP contribution in [0.25, 0.3) is 0 Å². The molecule has 1 amide bonds. The van der Waals surface area contributed by atoms with Crippen LogP contribution in [0.2, 0.25) is 0 Å². The van der Waals surface area contributed by atoms with Gasteiger partial charge in [-0.15, -0.1) is 0 Å². The van der Waals surface area contributed by atoms with Crippen molar-refractivity contribution in [2.24, 2.45) is 13.0 Å². The summed E-state index contributed by atoms with van der Waals surface area (Å²) >= 11 is 0. The SMILES string of the molecule is Cn1ncc(N2CC[C@@H](CNC(=O)CCN3CCOCC3)C2)cc1=O. The van der Waals surface area contributed by atoms with E-state index >= 15 is 0 Å². The maximum absolute atomic E-state index is 12.0. The van der Waals surface area contributed by atoms with Gasteiger partial charge in [0.2, 0.25) is 5.91 Å². The molecule has 0 bridgehead atoms. The number of carbonyl (C=O) groups excluding carboxylic acids is 1. The lowest BCUT2D eigenvalue weighted by Gasteiger charge is -2.26. The zero-order chi connectivity index (χ0) is 17.6. The fourth-order valence-electron chi connectivity index (χ4n) is 3.30. The fourth-order valence-corrected chi connectivity index (χ4v) is 3.30. The third-order valence-corrected chi connectivity index (χ3v) is 4.95. The number of amides is 1. The van der Waals surface area contributed by atoms with Crippen LogP contribution in [-0.4, -0.2) is 73.1 Å². The number of aromatic nitrogens is 2. The number of rotatable bonds is 6. The maximum atomic E-state index is 12.0. The molecule has 0 radical (unpaired) electrons. The lowest BCUT2D eigenvalue weighted by Crippen LogP contribution is -2.39. The third-order valence-electron chi connectivity index (χ3n) is 4.95. The van der Waals surface area contributed by atoms with E-state index in [0.29, 0.717) is 18.9 Å². The average Bonchev–Trinajstić information content (AvgIpc) is 3.10. The van der Waals surface area contributed by atoms with Gasteiger partial charge in [-0.1, -0.05) is 0 Å². The molecular weight excluding hydrogens is 322 g/mol. The minimum absolute atomic E-state index is 0.0997. The largest absolute Gasteiger partial charge is 0.379 e. The molecule has 2 aliphatic heterocycles. The minimum atomic E-state index is -0.0997. The van der Waals surface area contributed by atoms with Gasteiger partial charge in [-0.25, -0.2) is 4.68 Å². The monoisotopic (exact) mass is 349 g/mol. The Morgan fingerprint density at radius 2 is 2.16 bits per heavy atom. The van der Waals surface area contributed by atoms with Crippen LogP contribution in [-0.2, 0) is 16.6 Å². The molecule has 1 aromatic heterocycles. The van der Waals surface area contributed by atoms with Crippen molar-refractivity contribution >= 4 is 11.6 Å². The van der Waals surface area contributed by atoms with Crippen molar-refractivity contribution in [1.29, 1.82) is 0 Å². The first-order valence-electron chi connectivity index (χ1n) is 8.97. The zero-order valence-electron chi connectivity index (χ0n) is 14.8. The first kappa shape index (κ1) is 17.9. The van der Waals surface area contributed by atoms with E-state index in [-0.39, 0.29) is 11.5 Å². The van der Waals surface area contributed by atoms with Crippen LogP contribution in [0.5, 0.6) is 0 Å². The molecule has 0 saturated carbocycles. The fraction of sp³-hybridized carbons (Fsp3) is 0.706. The predicted molar refractivity (Wildman–Crippen MR) is 94.7 cm³/mol. The summed E-state index contributed by atoms with van der Waals surface area (Å²) < 4.78 is 6.63. The molecule has 2 fully saturated rings. The Hall–Kier alpha value is -1.93. The van der Waals surface area contributed by atoms with Gasteiger partial charge in [0.1, 0.15) is 0 Å². The molecule has 1 aromatic rings. The number of aryl methyl sites for hydroxylation is 1. The first-order valence-corrected chi connectivity index (χ1v) is 8.97. The topological polar surface area (TPSA) is 79.7 Å². The Kier molecular flexibility index (Phi) is 6.04. The van der Waals surface area contributed by atoms with Crippen molar-refractivity contribution in [1.82, 2.24) is 20.0 Å². The van der Waals surface area contributed by atoms with E-state index in [0.717, 1.165) is 58.0 Å². The first-order chi connectivity index (χ1) is 12.1. The predicted octanol–water partition coefficient (Wildman–Crippen LogP) is -0.555. The van der Waals surface area contributed by atoms with Crippen LogP contribution in [0.1, 0.15) is 12.8 Å². The number of ether oxygens (including phenoxy) is 1. The molecule has 138 valence electrons. The third kappa shape index (κ3) is 5.02. The Morgan fingerprint density at radius 1 is 1.36 bits per heavy atom. The lowest BCUT2D eigenvalue weighted by atomic mass is 10.1. The number of nitrogens with one attached hydrogen (secondary N) is 1. The molecule has 3 heterocycles. The van der Waals surface area contributed by atoms with Gasteiger partial charge < -0.3 is 15.0 Å². The average molecular weight is 349 g/mol. The highest BCUT2D eigenvalue weighted by atomic mass is 16.5. The number of hydrogen-bond donors (Lipinski definition) is 1. The van der Waals surface area contributed by atoms with Crippen LogP contribution >= 0.6 is 0 Å². The van der Waals surface area contributed by atoms with Crippen molar-refractivity contribution in [3.05, 3.63) is 22.6 Å². The van der Waals surface area contributed by atoms with Crippen molar-refractivity contribution in [3.8, 4) is 0 Å². The Balaban J connectivity index is 1.38. The Morgan fingerprint density at radius 3 is 2.92 bits per heavy atom. The molecule has 2 aliphatic rings. The summed E-state index contributed by atoms with van der Waals surface area (Å²) in [6.45, 7) is 6.57. The van der Waals surface area contributed by atoms with Crippen LogP contribution in [0.15, 0.2) is 17.1 Å². The zero-order valence-corrected chi connectivity index (χ0v) is 14.8. The van der Waals surface area contributed by atoms with Gasteiger partial charge in [-0.05, 0) is 12.3 Å². The number of carbonyl (C=O) groups is 1. The Labute approximate surface area is 147 Å². The van der Waals surface area contributed by atoms with E-state index in [1.165, 1.54) is 4.68 Å². The van der Waals surface area contributed by atoms with Gasteiger partial charge >= 0.3 is 0 Å². The molecule has 0 aliphatic carbocycles. The van der Waals surface area contributed by atoms with Gasteiger partial charge in [0.05, 0.1) is 25.1 Å². The number of anilines is 1. The quantitative estimate of drug-likeness (QED) is 0.742. The molecule has 0 aromatic carbocycles. The Bertz CT molecular complexity index is 641. The molecule has 1 atom stereocenters. The number of hydrogen-bond acceptors (Lipinski definition) is 6. The van der Waals surface area contributed by atoms with Crippen molar-refractivity contribution in [2.75, 3.05) is 57.4 Å². The van der Waals surface area contributed by atoms with Crippen LogP contribution < -0.4 is 15.8 Å². The normalized spacial score (nSPS) is 21.5. The highest BCUT2D eigenvalue weighted by molar-refractivity contribution is 5.76. The molecule has 3 rings (SSSR count). The second-order valence-corrected chi connectivity index (χ2v) is 6.78. The van der Waals surface area contributed by atoms with Crippen LogP contribution in [0.4, 0.5) is 5.69 Å². The second-order valence-electron chi connectivity index (χ2n) is 6.78. The van der Waals surface area contributed by atoms with E-state index in [1.807, 2.05) is 0 Å². The number of nitrogens with zero attached hydrogens (tertiary/aromatic N) is 4. The molecular formula is C17H27N5O3. The van der Waals surface area contributed by atoms with Gasteiger partial charge in [0, 0.05) is 58.8 Å². The molecule has 8 nitrogen and oxygen atoms in total. The van der Waals surface area contributed by atoms with E-state index < -0.39 is 0 Å². The van der Waals surface area contributed by atoms with Crippen molar-refractivity contribution in [2.45, 2.75) is 12.8 Å². The summed E-state index contributed by atoms with van der Waals surface area (Å²) in [5, 5.41) is 7.12. The summed E-state index contributed by atoms with van der Waals surface area (Å²) in [4.78, 5) is 28.2. The summed E-state index contributed by atoms with van der Waals surface area (Å²) in [6, 6.07) is 1.62. The highest BCUT2D eigenvalue weighted by Gasteiger charge is 2.23. The highest BCUT2D eigenvalue weighted by Crippen LogP contribution is 2.21. The van der Waals surface area contributed by atoms with Crippen LogP contribution in [0.3, 0.4) is 0 Å². The van der Waals surface area contributed by atoms with Crippen molar-refractivity contribution in [3.63, 3.8) is 0 Å². The van der Waals surface area contributed by atoms with Gasteiger partial charge in [0.25, 0.3) is 5.56 Å². The molecule has 25 heavy (non-hydrogen) atoms. The van der Waals surface area contributed by atoms with Gasteiger partial charge in [-0.3, -0.25) is 14.5 Å². The number of morpholine rings is 1. The summed E-state index contributed by atoms with van der Waals surface area (Å²) in [5.74, 6) is 0.525. The summed E-state index contributed by atoms with van der Waals surface area (Å²) in [6.07, 6.45) is 3.28. The van der Waals surface area contributed by atoms with E-state index in [9.17, 15) is 9.59 Å². The maximum Gasteiger partial charge on any atom is 0.268 e. The summed E-state index contributed by atoms with van der Waals surface area (Å²) in [7, 11) is 1.64. The van der Waals surface area contributed by atoms with E-state index in [4.69, 9.17) is 4.74 Å². The van der Waals surface area contributed by atoms with Crippen LogP contribution in [0, 0.1) is 5.92 Å². The standard InChI is InChI=1S/C17H27N5O3/c1-20-17(24)10-15(12-19-20)22-5-2-14(13-22)11-18-16(23)3-4-21-6-8-25-9-7-21/h10,12,14H,2-9,11,13H2,1H3,(H,18,23)/t14-/m0/s1. The van der Waals surface area contributed by atoms with E-state index in [2.05, 4.69) is 20.2 Å². The molecule has 2 saturated heterocycles. The molecule has 0 spiro atoms. The lowest BCUT2D eigenvalue weighted by molar-refractivity contribution is -0.121. The van der Waals surface area contributed by atoms with Gasteiger partial charge in [-0.2, -0.15) is 5.10 Å². The minimum Gasteiger partial charge on any atom is -0.379 e. The van der Waals surface area contributed by atoms with Crippen molar-refractivity contribution < 1.29 is 9.53 Å². The smallest absolute Gasteiger partial charge is 0.268 e. The molecule has 0 unspecified atom stereocenters. The summed E-state index contributed by atoms with van der Waals surface area (Å²) in [5.41, 5.74) is 0.765. The second kappa shape index (κ2) is 8.44. The molecule has 1 N–H and O–H groups in total. The van der Waals surface area contributed by atoms with E-state index in [1.54, 1.807) is 19.3 Å². The molecule has 8 heteroatoms.